The van der Waals surface area contributed by atoms with E-state index in [1.165, 1.54) is 18.3 Å². The maximum absolute atomic E-state index is 12.1. The normalized spacial score (nSPS) is 11.9. The quantitative estimate of drug-likeness (QED) is 0.803. The lowest BCUT2D eigenvalue weighted by molar-refractivity contribution is -0.122. The van der Waals surface area contributed by atoms with Gasteiger partial charge in [-0.05, 0) is 25.1 Å². The van der Waals surface area contributed by atoms with Crippen molar-refractivity contribution in [2.24, 2.45) is 0 Å². The zero-order valence-electron chi connectivity index (χ0n) is 11.2. The molecule has 1 atom stereocenters. The molecule has 0 aliphatic carbocycles. The molecule has 0 radical (unpaired) electrons. The van der Waals surface area contributed by atoms with Crippen molar-refractivity contribution in [1.82, 2.24) is 4.98 Å². The van der Waals surface area contributed by atoms with Gasteiger partial charge in [-0.1, -0.05) is 46.4 Å². The van der Waals surface area contributed by atoms with Crippen LogP contribution in [0, 0.1) is 0 Å². The number of pyridine rings is 1. The number of nitrogens with one attached hydrogen (secondary N) is 1. The molecule has 116 valence electrons. The van der Waals surface area contributed by atoms with Gasteiger partial charge in [0.05, 0.1) is 15.1 Å². The Balaban J connectivity index is 2.07. The Bertz CT molecular complexity index is 709. The molecule has 1 amide bonds. The SMILES string of the molecule is CC(Oc1cc(Cl)ccc1Cl)C(=O)Nc1ncc(Cl)cc1Cl. The largest absolute Gasteiger partial charge is 0.479 e. The van der Waals surface area contributed by atoms with Gasteiger partial charge in [0, 0.05) is 17.3 Å². The summed E-state index contributed by atoms with van der Waals surface area (Å²) in [5.74, 6) is 0.0726. The molecule has 1 unspecified atom stereocenters. The lowest BCUT2D eigenvalue weighted by atomic mass is 10.3. The highest BCUT2D eigenvalue weighted by Crippen LogP contribution is 2.29. The van der Waals surface area contributed by atoms with E-state index in [0.717, 1.165) is 0 Å². The van der Waals surface area contributed by atoms with E-state index in [1.807, 2.05) is 0 Å². The molecule has 4 nitrogen and oxygen atoms in total. The lowest BCUT2D eigenvalue weighted by Crippen LogP contribution is -2.30. The number of aromatic nitrogens is 1. The maximum Gasteiger partial charge on any atom is 0.266 e. The summed E-state index contributed by atoms with van der Waals surface area (Å²) in [5, 5.41) is 3.96. The molecule has 1 aromatic carbocycles. The predicted molar refractivity (Wildman–Crippen MR) is 89.4 cm³/mol. The molecule has 0 saturated carbocycles. The Morgan fingerprint density at radius 1 is 1.14 bits per heavy atom. The van der Waals surface area contributed by atoms with Crippen LogP contribution in [0.3, 0.4) is 0 Å². The average molecular weight is 380 g/mol. The van der Waals surface area contributed by atoms with Crippen LogP contribution >= 0.6 is 46.4 Å². The number of hydrogen-bond acceptors (Lipinski definition) is 3. The van der Waals surface area contributed by atoms with Gasteiger partial charge in [-0.3, -0.25) is 4.79 Å². The molecular weight excluding hydrogens is 370 g/mol. The average Bonchev–Trinajstić information content (AvgIpc) is 2.45. The smallest absolute Gasteiger partial charge is 0.266 e. The van der Waals surface area contributed by atoms with Crippen LogP contribution in [-0.4, -0.2) is 17.0 Å². The van der Waals surface area contributed by atoms with Crippen molar-refractivity contribution in [1.29, 1.82) is 0 Å². The third-order valence-corrected chi connectivity index (χ3v) is 3.66. The second kappa shape index (κ2) is 7.38. The zero-order valence-corrected chi connectivity index (χ0v) is 14.3. The van der Waals surface area contributed by atoms with Crippen molar-refractivity contribution in [2.45, 2.75) is 13.0 Å². The van der Waals surface area contributed by atoms with E-state index in [4.69, 9.17) is 51.1 Å². The summed E-state index contributed by atoms with van der Waals surface area (Å²) in [6, 6.07) is 6.21. The van der Waals surface area contributed by atoms with E-state index in [1.54, 1.807) is 19.1 Å². The fourth-order valence-corrected chi connectivity index (χ4v) is 2.29. The highest BCUT2D eigenvalue weighted by Gasteiger charge is 2.18. The second-order valence-corrected chi connectivity index (χ2v) is 6.00. The number of hydrogen-bond donors (Lipinski definition) is 1. The molecule has 22 heavy (non-hydrogen) atoms. The summed E-state index contributed by atoms with van der Waals surface area (Å²) in [6.45, 7) is 1.57. The summed E-state index contributed by atoms with van der Waals surface area (Å²) >= 11 is 23.5. The van der Waals surface area contributed by atoms with E-state index in [-0.39, 0.29) is 10.8 Å². The number of benzene rings is 1. The summed E-state index contributed by atoms with van der Waals surface area (Å²) in [4.78, 5) is 16.0. The molecule has 1 N–H and O–H groups in total. The minimum atomic E-state index is -0.829. The zero-order chi connectivity index (χ0) is 16.3. The molecule has 2 rings (SSSR count). The number of ether oxygens (including phenoxy) is 1. The Labute approximate surface area is 147 Å². The number of rotatable bonds is 4. The lowest BCUT2D eigenvalue weighted by Gasteiger charge is -2.16. The number of carbonyl (C=O) groups excluding carboxylic acids is 1. The molecule has 0 saturated heterocycles. The van der Waals surface area contributed by atoms with Gasteiger partial charge in [-0.2, -0.15) is 0 Å². The number of anilines is 1. The second-order valence-electron chi connectivity index (χ2n) is 4.31. The Kier molecular flexibility index (Phi) is 5.75. The van der Waals surface area contributed by atoms with Crippen molar-refractivity contribution >= 4 is 58.1 Å². The highest BCUT2D eigenvalue weighted by molar-refractivity contribution is 6.36. The molecule has 0 bridgehead atoms. The fourth-order valence-electron chi connectivity index (χ4n) is 1.54. The third-order valence-electron chi connectivity index (χ3n) is 2.62. The molecule has 1 heterocycles. The van der Waals surface area contributed by atoms with Gasteiger partial charge in [0.15, 0.2) is 11.9 Å². The summed E-state index contributed by atoms with van der Waals surface area (Å²) in [6.07, 6.45) is 0.548. The number of amides is 1. The van der Waals surface area contributed by atoms with Gasteiger partial charge >= 0.3 is 0 Å². The van der Waals surface area contributed by atoms with Crippen LogP contribution in [0.4, 0.5) is 5.82 Å². The third kappa shape index (κ3) is 4.40. The van der Waals surface area contributed by atoms with E-state index in [0.29, 0.717) is 20.8 Å². The first-order chi connectivity index (χ1) is 10.4. The minimum Gasteiger partial charge on any atom is -0.479 e. The number of carbonyl (C=O) groups is 1. The van der Waals surface area contributed by atoms with Crippen LogP contribution in [0.15, 0.2) is 30.5 Å². The molecule has 0 aliphatic heterocycles. The molecule has 0 fully saturated rings. The highest BCUT2D eigenvalue weighted by atomic mass is 35.5. The number of halogens is 4. The van der Waals surface area contributed by atoms with Gasteiger partial charge in [0.25, 0.3) is 5.91 Å². The predicted octanol–water partition coefficient (Wildman–Crippen LogP) is 5.10. The number of nitrogens with zero attached hydrogens (tertiary/aromatic N) is 1. The monoisotopic (exact) mass is 378 g/mol. The van der Waals surface area contributed by atoms with Gasteiger partial charge in [0.2, 0.25) is 0 Å². The summed E-state index contributed by atoms with van der Waals surface area (Å²) < 4.78 is 5.50. The first-order valence-electron chi connectivity index (χ1n) is 6.10. The van der Waals surface area contributed by atoms with Crippen molar-refractivity contribution in [3.05, 3.63) is 50.6 Å². The van der Waals surface area contributed by atoms with Crippen molar-refractivity contribution in [2.75, 3.05) is 5.32 Å². The summed E-state index contributed by atoms with van der Waals surface area (Å²) in [7, 11) is 0. The van der Waals surface area contributed by atoms with Crippen LogP contribution in [0.1, 0.15) is 6.92 Å². The van der Waals surface area contributed by atoms with Gasteiger partial charge in [-0.15, -0.1) is 0 Å². The molecular formula is C14H10Cl4N2O2. The first kappa shape index (κ1) is 17.2. The van der Waals surface area contributed by atoms with E-state index < -0.39 is 12.0 Å². The molecule has 8 heteroatoms. The van der Waals surface area contributed by atoms with Crippen LogP contribution in [0.25, 0.3) is 0 Å². The molecule has 2 aromatic rings. The molecule has 0 spiro atoms. The Hall–Kier alpha value is -1.20. The Morgan fingerprint density at radius 3 is 2.55 bits per heavy atom. The maximum atomic E-state index is 12.1. The van der Waals surface area contributed by atoms with Crippen molar-refractivity contribution in [3.63, 3.8) is 0 Å². The van der Waals surface area contributed by atoms with Crippen molar-refractivity contribution < 1.29 is 9.53 Å². The van der Waals surface area contributed by atoms with Crippen LogP contribution in [-0.2, 0) is 4.79 Å². The van der Waals surface area contributed by atoms with E-state index >= 15 is 0 Å². The molecule has 0 aliphatic rings. The van der Waals surface area contributed by atoms with Crippen LogP contribution < -0.4 is 10.1 Å². The first-order valence-corrected chi connectivity index (χ1v) is 7.61. The Morgan fingerprint density at radius 2 is 1.86 bits per heavy atom. The van der Waals surface area contributed by atoms with Crippen molar-refractivity contribution in [3.8, 4) is 5.75 Å². The van der Waals surface area contributed by atoms with E-state index in [9.17, 15) is 4.79 Å². The standard InChI is InChI=1S/C14H10Cl4N2O2/c1-7(22-12-5-8(15)2-3-10(12)17)14(21)20-13-11(18)4-9(16)6-19-13/h2-7H,1H3,(H,19,20,21). The van der Waals surface area contributed by atoms with E-state index in [2.05, 4.69) is 10.3 Å². The van der Waals surface area contributed by atoms with Crippen LogP contribution in [0.2, 0.25) is 20.1 Å². The summed E-state index contributed by atoms with van der Waals surface area (Å²) in [5.41, 5.74) is 0. The topological polar surface area (TPSA) is 51.2 Å². The minimum absolute atomic E-state index is 0.198. The van der Waals surface area contributed by atoms with Gasteiger partial charge in [-0.25, -0.2) is 4.98 Å². The van der Waals surface area contributed by atoms with Gasteiger partial charge in [0.1, 0.15) is 5.75 Å². The van der Waals surface area contributed by atoms with Crippen LogP contribution in [0.5, 0.6) is 5.75 Å². The molecule has 1 aromatic heterocycles. The van der Waals surface area contributed by atoms with Gasteiger partial charge < -0.3 is 10.1 Å². The fraction of sp³-hybridized carbons (Fsp3) is 0.143.